The van der Waals surface area contributed by atoms with E-state index >= 15 is 0 Å². The molecule has 0 amide bonds. The first-order chi connectivity index (χ1) is 6.02. The first-order valence-electron chi connectivity index (χ1n) is 3.97. The lowest BCUT2D eigenvalue weighted by molar-refractivity contribution is 0.0892. The number of aryl methyl sites for hydroxylation is 1. The SMILES string of the molecule is Cc1cc(C(=O)C(C)F)ccc1F. The highest BCUT2D eigenvalue weighted by molar-refractivity contribution is 5.99. The average Bonchev–Trinajstić information content (AvgIpc) is 2.08. The number of alkyl halides is 1. The number of rotatable bonds is 2. The molecule has 1 aromatic carbocycles. The third-order valence-corrected chi connectivity index (χ3v) is 1.80. The zero-order chi connectivity index (χ0) is 10.0. The molecule has 0 heterocycles. The molecule has 0 saturated carbocycles. The molecular formula is C10H10F2O. The summed E-state index contributed by atoms with van der Waals surface area (Å²) in [6.07, 6.45) is -1.54. The van der Waals surface area contributed by atoms with Crippen LogP contribution < -0.4 is 0 Å². The van der Waals surface area contributed by atoms with E-state index in [0.717, 1.165) is 0 Å². The van der Waals surface area contributed by atoms with Crippen LogP contribution in [0.1, 0.15) is 22.8 Å². The van der Waals surface area contributed by atoms with E-state index in [-0.39, 0.29) is 11.4 Å². The van der Waals surface area contributed by atoms with Crippen molar-refractivity contribution in [3.63, 3.8) is 0 Å². The van der Waals surface area contributed by atoms with Crippen LogP contribution in [0, 0.1) is 12.7 Å². The number of hydrogen-bond acceptors (Lipinski definition) is 1. The first-order valence-corrected chi connectivity index (χ1v) is 3.97. The highest BCUT2D eigenvalue weighted by Gasteiger charge is 2.14. The van der Waals surface area contributed by atoms with Crippen LogP contribution >= 0.6 is 0 Å². The highest BCUT2D eigenvalue weighted by Crippen LogP contribution is 2.11. The number of carbonyl (C=O) groups excluding carboxylic acids is 1. The second kappa shape index (κ2) is 3.64. The third-order valence-electron chi connectivity index (χ3n) is 1.80. The minimum absolute atomic E-state index is 0.217. The maximum Gasteiger partial charge on any atom is 0.196 e. The van der Waals surface area contributed by atoms with Gasteiger partial charge in [-0.2, -0.15) is 0 Å². The molecule has 0 radical (unpaired) electrons. The van der Waals surface area contributed by atoms with Gasteiger partial charge in [-0.1, -0.05) is 0 Å². The number of carbonyl (C=O) groups is 1. The predicted molar refractivity (Wildman–Crippen MR) is 46.0 cm³/mol. The van der Waals surface area contributed by atoms with E-state index in [0.29, 0.717) is 5.56 Å². The molecule has 70 valence electrons. The third kappa shape index (κ3) is 2.11. The second-order valence-electron chi connectivity index (χ2n) is 2.94. The molecule has 0 N–H and O–H groups in total. The molecule has 3 heteroatoms. The number of Topliss-reactive ketones (excluding diaryl/α,β-unsaturated/α-hetero) is 1. The highest BCUT2D eigenvalue weighted by atomic mass is 19.1. The van der Waals surface area contributed by atoms with Crippen LogP contribution in [-0.4, -0.2) is 12.0 Å². The average molecular weight is 184 g/mol. The van der Waals surface area contributed by atoms with Crippen molar-refractivity contribution in [2.24, 2.45) is 0 Å². The Kier molecular flexibility index (Phi) is 2.76. The normalized spacial score (nSPS) is 12.6. The van der Waals surface area contributed by atoms with Crippen LogP contribution in [0.25, 0.3) is 0 Å². The number of ketones is 1. The standard InChI is InChI=1S/C10H10F2O/c1-6-5-8(3-4-9(6)12)10(13)7(2)11/h3-5,7H,1-2H3. The van der Waals surface area contributed by atoms with Crippen LogP contribution in [-0.2, 0) is 0 Å². The molecule has 1 unspecified atom stereocenters. The van der Waals surface area contributed by atoms with Gasteiger partial charge in [0.15, 0.2) is 12.0 Å². The van der Waals surface area contributed by atoms with E-state index in [1.807, 2.05) is 0 Å². The lowest BCUT2D eigenvalue weighted by atomic mass is 10.1. The molecule has 1 rings (SSSR count). The molecule has 0 aliphatic heterocycles. The molecule has 13 heavy (non-hydrogen) atoms. The molecule has 1 nitrogen and oxygen atoms in total. The molecule has 0 spiro atoms. The van der Waals surface area contributed by atoms with Crippen molar-refractivity contribution in [3.8, 4) is 0 Å². The number of benzene rings is 1. The van der Waals surface area contributed by atoms with Crippen LogP contribution in [0.5, 0.6) is 0 Å². The Balaban J connectivity index is 3.04. The minimum Gasteiger partial charge on any atom is -0.291 e. The topological polar surface area (TPSA) is 17.1 Å². The van der Waals surface area contributed by atoms with Crippen molar-refractivity contribution in [1.29, 1.82) is 0 Å². The van der Waals surface area contributed by atoms with E-state index in [1.54, 1.807) is 0 Å². The van der Waals surface area contributed by atoms with Crippen LogP contribution in [0.4, 0.5) is 8.78 Å². The van der Waals surface area contributed by atoms with Gasteiger partial charge < -0.3 is 0 Å². The van der Waals surface area contributed by atoms with Gasteiger partial charge in [-0.25, -0.2) is 8.78 Å². The van der Waals surface area contributed by atoms with Crippen molar-refractivity contribution >= 4 is 5.78 Å². The van der Waals surface area contributed by atoms with E-state index in [9.17, 15) is 13.6 Å². The van der Waals surface area contributed by atoms with Crippen LogP contribution in [0.15, 0.2) is 18.2 Å². The molecule has 0 aromatic heterocycles. The molecule has 1 aromatic rings. The molecule has 0 aliphatic rings. The maximum atomic E-state index is 12.8. The Morgan fingerprint density at radius 1 is 1.46 bits per heavy atom. The van der Waals surface area contributed by atoms with Gasteiger partial charge in [0.1, 0.15) is 5.82 Å². The zero-order valence-electron chi connectivity index (χ0n) is 7.47. The molecule has 0 bridgehead atoms. The Bertz CT molecular complexity index is 332. The van der Waals surface area contributed by atoms with E-state index < -0.39 is 12.0 Å². The first kappa shape index (κ1) is 9.84. The summed E-state index contributed by atoms with van der Waals surface area (Å²) in [7, 11) is 0. The van der Waals surface area contributed by atoms with Crippen molar-refractivity contribution in [1.82, 2.24) is 0 Å². The van der Waals surface area contributed by atoms with E-state index in [4.69, 9.17) is 0 Å². The summed E-state index contributed by atoms with van der Waals surface area (Å²) in [5.41, 5.74) is 0.570. The van der Waals surface area contributed by atoms with Gasteiger partial charge in [0, 0.05) is 5.56 Å². The van der Waals surface area contributed by atoms with Gasteiger partial charge in [-0.15, -0.1) is 0 Å². The smallest absolute Gasteiger partial charge is 0.196 e. The van der Waals surface area contributed by atoms with E-state index in [2.05, 4.69) is 0 Å². The van der Waals surface area contributed by atoms with Crippen LogP contribution in [0.3, 0.4) is 0 Å². The fourth-order valence-electron chi connectivity index (χ4n) is 1.03. The Morgan fingerprint density at radius 2 is 2.08 bits per heavy atom. The molecular weight excluding hydrogens is 174 g/mol. The Morgan fingerprint density at radius 3 is 2.54 bits per heavy atom. The minimum atomic E-state index is -1.54. The quantitative estimate of drug-likeness (QED) is 0.646. The fraction of sp³-hybridized carbons (Fsp3) is 0.300. The molecule has 1 atom stereocenters. The van der Waals surface area contributed by atoms with Crippen molar-refractivity contribution in [2.75, 3.05) is 0 Å². The summed E-state index contributed by atoms with van der Waals surface area (Å²) in [5, 5.41) is 0. The van der Waals surface area contributed by atoms with Crippen molar-refractivity contribution in [2.45, 2.75) is 20.0 Å². The van der Waals surface area contributed by atoms with Crippen molar-refractivity contribution < 1.29 is 13.6 Å². The summed E-state index contributed by atoms with van der Waals surface area (Å²) in [4.78, 5) is 11.1. The zero-order valence-corrected chi connectivity index (χ0v) is 7.47. The van der Waals surface area contributed by atoms with Gasteiger partial charge in [0.25, 0.3) is 0 Å². The maximum absolute atomic E-state index is 12.8. The second-order valence-corrected chi connectivity index (χ2v) is 2.94. The van der Waals surface area contributed by atoms with Gasteiger partial charge >= 0.3 is 0 Å². The molecule has 0 fully saturated rings. The summed E-state index contributed by atoms with van der Waals surface area (Å²) in [6.45, 7) is 2.70. The summed E-state index contributed by atoms with van der Waals surface area (Å²) in [6, 6.07) is 3.82. The predicted octanol–water partition coefficient (Wildman–Crippen LogP) is 2.67. The van der Waals surface area contributed by atoms with Gasteiger partial charge in [-0.05, 0) is 37.6 Å². The molecule has 0 saturated heterocycles. The lowest BCUT2D eigenvalue weighted by Gasteiger charge is -2.02. The number of hydrogen-bond donors (Lipinski definition) is 0. The summed E-state index contributed by atoms with van der Waals surface area (Å²) < 4.78 is 25.3. The Labute approximate surface area is 75.4 Å². The largest absolute Gasteiger partial charge is 0.291 e. The van der Waals surface area contributed by atoms with Gasteiger partial charge in [-0.3, -0.25) is 4.79 Å². The monoisotopic (exact) mass is 184 g/mol. The Hall–Kier alpha value is -1.25. The summed E-state index contributed by atoms with van der Waals surface area (Å²) in [5.74, 6) is -0.994. The molecule has 0 aliphatic carbocycles. The van der Waals surface area contributed by atoms with Crippen molar-refractivity contribution in [3.05, 3.63) is 35.1 Å². The lowest BCUT2D eigenvalue weighted by Crippen LogP contribution is -2.11. The van der Waals surface area contributed by atoms with Gasteiger partial charge in [0.05, 0.1) is 0 Å². The fourth-order valence-corrected chi connectivity index (χ4v) is 1.03. The van der Waals surface area contributed by atoms with Crippen LogP contribution in [0.2, 0.25) is 0 Å². The summed E-state index contributed by atoms with van der Waals surface area (Å²) >= 11 is 0. The van der Waals surface area contributed by atoms with E-state index in [1.165, 1.54) is 32.0 Å². The number of halogens is 2. The van der Waals surface area contributed by atoms with Gasteiger partial charge in [0.2, 0.25) is 0 Å².